The fraction of sp³-hybridized carbons (Fsp3) is 0.800. The summed E-state index contributed by atoms with van der Waals surface area (Å²) in [6, 6.07) is 0. The van der Waals surface area contributed by atoms with Gasteiger partial charge in [0.2, 0.25) is 5.91 Å². The molecule has 1 atom stereocenters. The zero-order valence-corrected chi connectivity index (χ0v) is 9.69. The van der Waals surface area contributed by atoms with E-state index >= 15 is 0 Å². The van der Waals surface area contributed by atoms with Gasteiger partial charge in [-0.1, -0.05) is 5.16 Å². The molecule has 0 saturated carbocycles. The van der Waals surface area contributed by atoms with Gasteiger partial charge in [0.05, 0.1) is 5.92 Å². The van der Waals surface area contributed by atoms with Crippen molar-refractivity contribution in [1.29, 1.82) is 0 Å². The molecule has 1 heterocycles. The van der Waals surface area contributed by atoms with Crippen molar-refractivity contribution in [1.82, 2.24) is 5.32 Å². The smallest absolute Gasteiger partial charge is 0.230 e. The first kappa shape index (κ1) is 12.8. The monoisotopic (exact) mass is 229 g/mol. The Labute approximate surface area is 94.8 Å². The van der Waals surface area contributed by atoms with Crippen molar-refractivity contribution in [3.63, 3.8) is 0 Å². The summed E-state index contributed by atoms with van der Waals surface area (Å²) in [7, 11) is 0. The van der Waals surface area contributed by atoms with Gasteiger partial charge in [-0.25, -0.2) is 0 Å². The number of ether oxygens (including phenoxy) is 1. The Bertz CT molecular complexity index is 285. The lowest BCUT2D eigenvalue weighted by Crippen LogP contribution is -2.52. The van der Waals surface area contributed by atoms with E-state index in [0.29, 0.717) is 13.2 Å². The lowest BCUT2D eigenvalue weighted by Gasteiger charge is -2.35. The van der Waals surface area contributed by atoms with Crippen LogP contribution in [0.25, 0.3) is 0 Å². The summed E-state index contributed by atoms with van der Waals surface area (Å²) in [5.74, 6) is -0.919. The van der Waals surface area contributed by atoms with Crippen molar-refractivity contribution in [2.75, 3.05) is 13.2 Å². The number of rotatable bonds is 3. The molecule has 0 aromatic heterocycles. The van der Waals surface area contributed by atoms with E-state index in [9.17, 15) is 4.79 Å². The molecule has 0 aliphatic carbocycles. The first-order chi connectivity index (χ1) is 7.48. The van der Waals surface area contributed by atoms with Gasteiger partial charge >= 0.3 is 0 Å². The van der Waals surface area contributed by atoms with Crippen molar-refractivity contribution in [2.45, 2.75) is 32.2 Å². The molecule has 4 N–H and O–H groups in total. The van der Waals surface area contributed by atoms with Crippen molar-refractivity contribution < 1.29 is 14.7 Å². The molecule has 1 rings (SSSR count). The van der Waals surface area contributed by atoms with E-state index in [-0.39, 0.29) is 17.3 Å². The van der Waals surface area contributed by atoms with Crippen molar-refractivity contribution in [2.24, 2.45) is 16.8 Å². The van der Waals surface area contributed by atoms with Gasteiger partial charge in [-0.05, 0) is 26.7 Å². The molecule has 92 valence electrons. The zero-order chi connectivity index (χ0) is 12.2. The Morgan fingerprint density at radius 1 is 1.56 bits per heavy atom. The first-order valence-corrected chi connectivity index (χ1v) is 5.36. The molecule has 0 radical (unpaired) electrons. The molecular weight excluding hydrogens is 210 g/mol. The Balaban J connectivity index is 2.56. The van der Waals surface area contributed by atoms with Crippen LogP contribution < -0.4 is 11.1 Å². The van der Waals surface area contributed by atoms with Crippen molar-refractivity contribution in [3.8, 4) is 0 Å². The van der Waals surface area contributed by atoms with Gasteiger partial charge in [0.1, 0.15) is 0 Å². The topological polar surface area (TPSA) is 96.9 Å². The number of amides is 1. The van der Waals surface area contributed by atoms with Crippen molar-refractivity contribution in [3.05, 3.63) is 0 Å². The van der Waals surface area contributed by atoms with Crippen LogP contribution >= 0.6 is 0 Å². The van der Waals surface area contributed by atoms with Gasteiger partial charge in [-0.15, -0.1) is 0 Å². The maximum Gasteiger partial charge on any atom is 0.230 e. The van der Waals surface area contributed by atoms with Crippen LogP contribution in [0.1, 0.15) is 26.7 Å². The second kappa shape index (κ2) is 5.16. The number of carbonyl (C=O) groups is 1. The third-order valence-corrected chi connectivity index (χ3v) is 2.97. The van der Waals surface area contributed by atoms with Gasteiger partial charge in [-0.2, -0.15) is 0 Å². The standard InChI is InChI=1S/C10H19N3O3/c1-7(8(11)13-15)9(14)12-10(2)3-5-16-6-4-10/h7,15H,3-6H2,1-2H3,(H2,11,13)(H,12,14). The zero-order valence-electron chi connectivity index (χ0n) is 9.69. The van der Waals surface area contributed by atoms with Gasteiger partial charge < -0.3 is 21.0 Å². The lowest BCUT2D eigenvalue weighted by molar-refractivity contribution is -0.125. The highest BCUT2D eigenvalue weighted by molar-refractivity contribution is 6.01. The van der Waals surface area contributed by atoms with Gasteiger partial charge in [0.25, 0.3) is 0 Å². The Morgan fingerprint density at radius 3 is 2.62 bits per heavy atom. The van der Waals surface area contributed by atoms with Gasteiger partial charge in [0, 0.05) is 18.8 Å². The highest BCUT2D eigenvalue weighted by Crippen LogP contribution is 2.20. The van der Waals surface area contributed by atoms with Gasteiger partial charge in [0.15, 0.2) is 5.84 Å². The fourth-order valence-corrected chi connectivity index (χ4v) is 1.57. The number of nitrogens with two attached hydrogens (primary N) is 1. The summed E-state index contributed by atoms with van der Waals surface area (Å²) in [5, 5.41) is 14.2. The molecular formula is C10H19N3O3. The average molecular weight is 229 g/mol. The van der Waals surface area contributed by atoms with E-state index in [0.717, 1.165) is 12.8 Å². The average Bonchev–Trinajstić information content (AvgIpc) is 2.27. The van der Waals surface area contributed by atoms with Crippen LogP contribution in [0, 0.1) is 5.92 Å². The summed E-state index contributed by atoms with van der Waals surface area (Å²) in [6.07, 6.45) is 1.56. The molecule has 1 fully saturated rings. The quantitative estimate of drug-likeness (QED) is 0.276. The van der Waals surface area contributed by atoms with Crippen LogP contribution in [0.3, 0.4) is 0 Å². The normalized spacial score (nSPS) is 22.5. The van der Waals surface area contributed by atoms with E-state index in [1.807, 2.05) is 6.92 Å². The van der Waals surface area contributed by atoms with E-state index in [1.54, 1.807) is 6.92 Å². The number of amidine groups is 1. The molecule has 1 aliphatic heterocycles. The maximum absolute atomic E-state index is 11.8. The highest BCUT2D eigenvalue weighted by atomic mass is 16.5. The lowest BCUT2D eigenvalue weighted by atomic mass is 9.91. The third kappa shape index (κ3) is 3.10. The molecule has 0 aromatic rings. The summed E-state index contributed by atoms with van der Waals surface area (Å²) in [4.78, 5) is 11.8. The molecule has 1 saturated heterocycles. The predicted octanol–water partition coefficient (Wildman–Crippen LogP) is 0.0542. The minimum atomic E-state index is -0.621. The SMILES string of the molecule is CC(C(=O)NC1(C)CCOCC1)C(N)=NO. The molecule has 16 heavy (non-hydrogen) atoms. The molecule has 6 nitrogen and oxygen atoms in total. The molecule has 1 unspecified atom stereocenters. The Morgan fingerprint density at radius 2 is 2.12 bits per heavy atom. The Hall–Kier alpha value is -1.30. The highest BCUT2D eigenvalue weighted by Gasteiger charge is 2.31. The first-order valence-electron chi connectivity index (χ1n) is 5.36. The molecule has 0 bridgehead atoms. The van der Waals surface area contributed by atoms with E-state index in [2.05, 4.69) is 10.5 Å². The predicted molar refractivity (Wildman–Crippen MR) is 59.2 cm³/mol. The molecule has 1 aliphatic rings. The van der Waals surface area contributed by atoms with Crippen LogP contribution in [0.15, 0.2) is 5.16 Å². The van der Waals surface area contributed by atoms with Crippen molar-refractivity contribution >= 4 is 11.7 Å². The largest absolute Gasteiger partial charge is 0.409 e. The van der Waals surface area contributed by atoms with Crippen LogP contribution in [0.5, 0.6) is 0 Å². The Kier molecular flexibility index (Phi) is 4.12. The molecule has 1 amide bonds. The maximum atomic E-state index is 11.8. The molecule has 0 spiro atoms. The summed E-state index contributed by atoms with van der Waals surface area (Å²) >= 11 is 0. The number of hydrogen-bond donors (Lipinski definition) is 3. The third-order valence-electron chi connectivity index (χ3n) is 2.97. The van der Waals surface area contributed by atoms with Crippen LogP contribution in [0.2, 0.25) is 0 Å². The summed E-state index contributed by atoms with van der Waals surface area (Å²) < 4.78 is 5.24. The number of nitrogens with zero attached hydrogens (tertiary/aromatic N) is 1. The second-order valence-corrected chi connectivity index (χ2v) is 4.41. The molecule has 6 heteroatoms. The molecule has 0 aromatic carbocycles. The minimum Gasteiger partial charge on any atom is -0.409 e. The van der Waals surface area contributed by atoms with Crippen LogP contribution in [-0.4, -0.2) is 35.7 Å². The van der Waals surface area contributed by atoms with E-state index < -0.39 is 5.92 Å². The van der Waals surface area contributed by atoms with E-state index in [4.69, 9.17) is 15.7 Å². The number of carbonyl (C=O) groups excluding carboxylic acids is 1. The summed E-state index contributed by atoms with van der Waals surface area (Å²) in [5.41, 5.74) is 5.13. The second-order valence-electron chi connectivity index (χ2n) is 4.41. The number of hydrogen-bond acceptors (Lipinski definition) is 4. The summed E-state index contributed by atoms with van der Waals surface area (Å²) in [6.45, 7) is 4.88. The number of oxime groups is 1. The minimum absolute atomic E-state index is 0.0758. The van der Waals surface area contributed by atoms with Gasteiger partial charge in [-0.3, -0.25) is 4.79 Å². The fourth-order valence-electron chi connectivity index (χ4n) is 1.57. The van der Waals surface area contributed by atoms with E-state index in [1.165, 1.54) is 0 Å². The van der Waals surface area contributed by atoms with Crippen LogP contribution in [0.4, 0.5) is 0 Å². The number of nitrogens with one attached hydrogen (secondary N) is 1. The van der Waals surface area contributed by atoms with Crippen LogP contribution in [-0.2, 0) is 9.53 Å².